The van der Waals surface area contributed by atoms with Crippen LogP contribution in [-0.2, 0) is 0 Å². The van der Waals surface area contributed by atoms with Crippen LogP contribution in [0.4, 0.5) is 0 Å². The summed E-state index contributed by atoms with van der Waals surface area (Å²) in [6, 6.07) is 13.6. The predicted molar refractivity (Wildman–Crippen MR) is 123 cm³/mol. The Morgan fingerprint density at radius 1 is 0.774 bits per heavy atom. The molecule has 2 aromatic carbocycles. The highest BCUT2D eigenvalue weighted by atomic mass is 16.3. The van der Waals surface area contributed by atoms with Crippen LogP contribution in [0.5, 0.6) is 11.5 Å². The van der Waals surface area contributed by atoms with Crippen LogP contribution < -0.4 is 10.9 Å². The fraction of sp³-hybridized carbons (Fsp3) is 0.481. The molecule has 0 spiro atoms. The first-order valence-corrected chi connectivity index (χ1v) is 11.3. The zero-order chi connectivity index (χ0) is 22.2. The average molecular weight is 421 g/mol. The van der Waals surface area contributed by atoms with E-state index in [-0.39, 0.29) is 33.2 Å². The first kappa shape index (κ1) is 21.6. The molecule has 0 aliphatic heterocycles. The molecule has 4 heteroatoms. The Morgan fingerprint density at radius 2 is 1.35 bits per heavy atom. The Labute approximate surface area is 183 Å². The summed E-state index contributed by atoms with van der Waals surface area (Å²) >= 11 is 0. The first-order chi connectivity index (χ1) is 14.7. The van der Waals surface area contributed by atoms with Crippen molar-refractivity contribution in [3.05, 3.63) is 80.1 Å². The van der Waals surface area contributed by atoms with Gasteiger partial charge in [-0.2, -0.15) is 0 Å². The van der Waals surface area contributed by atoms with Gasteiger partial charge in [-0.15, -0.1) is 0 Å². The van der Waals surface area contributed by atoms with E-state index in [0.29, 0.717) is 11.8 Å². The van der Waals surface area contributed by atoms with Crippen molar-refractivity contribution in [1.82, 2.24) is 0 Å². The summed E-state index contributed by atoms with van der Waals surface area (Å²) in [6.07, 6.45) is 7.77. The molecule has 4 unspecified atom stereocenters. The zero-order valence-electron chi connectivity index (χ0n) is 18.4. The molecule has 0 bridgehead atoms. The monoisotopic (exact) mass is 420 g/mol. The molecule has 31 heavy (non-hydrogen) atoms. The minimum Gasteiger partial charge on any atom is -0.504 e. The quantitative estimate of drug-likeness (QED) is 0.689. The van der Waals surface area contributed by atoms with Crippen molar-refractivity contribution in [3.8, 4) is 11.5 Å². The number of hydrogen-bond acceptors (Lipinski definition) is 4. The summed E-state index contributed by atoms with van der Waals surface area (Å²) in [5, 5.41) is 19.4. The second-order valence-electron chi connectivity index (χ2n) is 10.5. The highest BCUT2D eigenvalue weighted by molar-refractivity contribution is 5.28. The summed E-state index contributed by atoms with van der Waals surface area (Å²) in [5.74, 6) is 0.386. The molecule has 2 N–H and O–H groups in total. The standard InChI is InChI=1S/C27H32O4/c1-26(12-10-20(15-26)18-6-8-23(29)24(30)9-7-18)17-27(2)13-11-21(16-27)19-4-3-5-22(28)25(31)14-19/h3-9,14,20-21H,10-13,15-17H2,1-2H3,(H,28,31)(H,29,30). The summed E-state index contributed by atoms with van der Waals surface area (Å²) in [5.41, 5.74) is 2.01. The van der Waals surface area contributed by atoms with Gasteiger partial charge in [-0.25, -0.2) is 0 Å². The van der Waals surface area contributed by atoms with Crippen LogP contribution in [0, 0.1) is 10.8 Å². The molecular formula is C27H32O4. The smallest absolute Gasteiger partial charge is 0.220 e. The lowest BCUT2D eigenvalue weighted by Crippen LogP contribution is -2.24. The number of rotatable bonds is 4. The molecule has 2 aromatic rings. The largest absolute Gasteiger partial charge is 0.504 e. The van der Waals surface area contributed by atoms with Gasteiger partial charge in [0.2, 0.25) is 10.9 Å². The highest BCUT2D eigenvalue weighted by Crippen LogP contribution is 2.57. The van der Waals surface area contributed by atoms with E-state index in [1.54, 1.807) is 12.1 Å². The number of hydrogen-bond donors (Lipinski definition) is 2. The van der Waals surface area contributed by atoms with E-state index < -0.39 is 0 Å². The van der Waals surface area contributed by atoms with Gasteiger partial charge in [0, 0.05) is 0 Å². The Hall–Kier alpha value is -2.62. The maximum absolute atomic E-state index is 12.0. The molecule has 2 aliphatic carbocycles. The van der Waals surface area contributed by atoms with Crippen molar-refractivity contribution in [1.29, 1.82) is 0 Å². The van der Waals surface area contributed by atoms with Crippen LogP contribution in [0.2, 0.25) is 0 Å². The van der Waals surface area contributed by atoms with E-state index in [1.165, 1.54) is 18.2 Å². The third-order valence-corrected chi connectivity index (χ3v) is 7.67. The first-order valence-electron chi connectivity index (χ1n) is 11.3. The van der Waals surface area contributed by atoms with Crippen molar-refractivity contribution in [2.24, 2.45) is 10.8 Å². The van der Waals surface area contributed by atoms with Gasteiger partial charge in [0.05, 0.1) is 0 Å². The van der Waals surface area contributed by atoms with Gasteiger partial charge in [0.15, 0.2) is 11.5 Å². The summed E-state index contributed by atoms with van der Waals surface area (Å²) < 4.78 is 0. The molecule has 4 nitrogen and oxygen atoms in total. The normalized spacial score (nSPS) is 30.4. The van der Waals surface area contributed by atoms with Gasteiger partial charge in [-0.05, 0) is 103 Å². The molecule has 0 amide bonds. The van der Waals surface area contributed by atoms with E-state index in [1.807, 2.05) is 18.2 Å². The molecule has 0 aromatic heterocycles. The molecule has 0 heterocycles. The van der Waals surface area contributed by atoms with Crippen LogP contribution in [-0.4, -0.2) is 10.2 Å². The van der Waals surface area contributed by atoms with E-state index >= 15 is 0 Å². The third-order valence-electron chi connectivity index (χ3n) is 7.67. The molecule has 2 saturated carbocycles. The van der Waals surface area contributed by atoms with Crippen LogP contribution in [0.3, 0.4) is 0 Å². The van der Waals surface area contributed by atoms with E-state index in [9.17, 15) is 19.8 Å². The van der Waals surface area contributed by atoms with E-state index in [0.717, 1.165) is 56.1 Å². The maximum Gasteiger partial charge on any atom is 0.220 e. The topological polar surface area (TPSA) is 74.6 Å². The molecule has 2 fully saturated rings. The van der Waals surface area contributed by atoms with Crippen molar-refractivity contribution in [3.63, 3.8) is 0 Å². The summed E-state index contributed by atoms with van der Waals surface area (Å²) in [4.78, 5) is 23.7. The zero-order valence-corrected chi connectivity index (χ0v) is 18.4. The van der Waals surface area contributed by atoms with Gasteiger partial charge in [0.1, 0.15) is 0 Å². The van der Waals surface area contributed by atoms with Gasteiger partial charge >= 0.3 is 0 Å². The SMILES string of the molecule is CC1(CC2(C)CCC(c3cccc(O)c(=O)c3)C2)CCC(c2ccc(O)c(=O)cc2)C1. The highest BCUT2D eigenvalue weighted by Gasteiger charge is 2.44. The molecule has 4 rings (SSSR count). The fourth-order valence-electron chi connectivity index (χ4n) is 6.27. The van der Waals surface area contributed by atoms with Crippen molar-refractivity contribution in [2.75, 3.05) is 0 Å². The molecule has 164 valence electrons. The number of aromatic hydroxyl groups is 2. The van der Waals surface area contributed by atoms with Crippen LogP contribution in [0.1, 0.15) is 81.8 Å². The summed E-state index contributed by atoms with van der Waals surface area (Å²) in [6.45, 7) is 4.77. The molecular weight excluding hydrogens is 388 g/mol. The third kappa shape index (κ3) is 4.68. The van der Waals surface area contributed by atoms with Crippen LogP contribution in [0.15, 0.2) is 58.1 Å². The lowest BCUT2D eigenvalue weighted by Gasteiger charge is -2.35. The predicted octanol–water partition coefficient (Wildman–Crippen LogP) is 5.46. The molecule has 0 radical (unpaired) electrons. The van der Waals surface area contributed by atoms with E-state index in [4.69, 9.17) is 0 Å². The van der Waals surface area contributed by atoms with Crippen molar-refractivity contribution >= 4 is 0 Å². The van der Waals surface area contributed by atoms with Gasteiger partial charge < -0.3 is 10.2 Å². The van der Waals surface area contributed by atoms with Crippen molar-refractivity contribution in [2.45, 2.75) is 70.6 Å². The average Bonchev–Trinajstić information content (AvgIpc) is 3.17. The van der Waals surface area contributed by atoms with Crippen LogP contribution in [0.25, 0.3) is 0 Å². The lowest BCUT2D eigenvalue weighted by atomic mass is 9.70. The second kappa shape index (κ2) is 8.14. The van der Waals surface area contributed by atoms with Gasteiger partial charge in [-0.1, -0.05) is 38.1 Å². The van der Waals surface area contributed by atoms with E-state index in [2.05, 4.69) is 13.8 Å². The van der Waals surface area contributed by atoms with Crippen molar-refractivity contribution < 1.29 is 10.2 Å². The molecule has 4 atom stereocenters. The molecule has 0 saturated heterocycles. The Morgan fingerprint density at radius 3 is 2.03 bits per heavy atom. The molecule has 2 aliphatic rings. The second-order valence-corrected chi connectivity index (χ2v) is 10.5. The van der Waals surface area contributed by atoms with Gasteiger partial charge in [-0.3, -0.25) is 9.59 Å². The Balaban J connectivity index is 1.46. The van der Waals surface area contributed by atoms with Crippen LogP contribution >= 0.6 is 0 Å². The minimum atomic E-state index is -0.333. The van der Waals surface area contributed by atoms with Gasteiger partial charge in [0.25, 0.3) is 0 Å². The lowest BCUT2D eigenvalue weighted by molar-refractivity contribution is 0.165. The maximum atomic E-state index is 12.0. The fourth-order valence-corrected chi connectivity index (χ4v) is 6.27. The Kier molecular flexibility index (Phi) is 5.67. The Bertz CT molecular complexity index is 1090. The summed E-state index contributed by atoms with van der Waals surface area (Å²) in [7, 11) is 0. The minimum absolute atomic E-state index is 0.191.